The van der Waals surface area contributed by atoms with Crippen molar-refractivity contribution in [3.63, 3.8) is 0 Å². The molecule has 0 radical (unpaired) electrons. The molecule has 0 aliphatic carbocycles. The van der Waals surface area contributed by atoms with Gasteiger partial charge in [-0.25, -0.2) is 13.2 Å². The first-order valence-corrected chi connectivity index (χ1v) is 11.2. The molecule has 0 heterocycles. The molecular formula is C23H22N2O6S. The number of para-hydroxylation sites is 1. The highest BCUT2D eigenvalue weighted by Gasteiger charge is 2.19. The number of sulfonamides is 1. The molecule has 0 atom stereocenters. The van der Waals surface area contributed by atoms with Gasteiger partial charge in [-0.15, -0.1) is 0 Å². The molecule has 0 unspecified atom stereocenters. The van der Waals surface area contributed by atoms with Crippen molar-refractivity contribution < 1.29 is 27.5 Å². The maximum atomic E-state index is 12.8. The fourth-order valence-electron chi connectivity index (χ4n) is 2.86. The van der Waals surface area contributed by atoms with Gasteiger partial charge in [-0.3, -0.25) is 9.52 Å². The number of nitrogens with one attached hydrogen (secondary N) is 2. The predicted molar refractivity (Wildman–Crippen MR) is 121 cm³/mol. The summed E-state index contributed by atoms with van der Waals surface area (Å²) in [4.78, 5) is 24.5. The van der Waals surface area contributed by atoms with Crippen molar-refractivity contribution >= 4 is 33.3 Å². The van der Waals surface area contributed by atoms with Crippen LogP contribution in [0.25, 0.3) is 0 Å². The van der Waals surface area contributed by atoms with Gasteiger partial charge in [-0.05, 0) is 55.5 Å². The second kappa shape index (κ2) is 9.97. The van der Waals surface area contributed by atoms with Gasteiger partial charge >= 0.3 is 5.97 Å². The van der Waals surface area contributed by atoms with Gasteiger partial charge in [0.25, 0.3) is 15.9 Å². The van der Waals surface area contributed by atoms with Crippen LogP contribution in [0.5, 0.6) is 5.75 Å². The summed E-state index contributed by atoms with van der Waals surface area (Å²) in [6, 6.07) is 18.4. The lowest BCUT2D eigenvalue weighted by Crippen LogP contribution is -2.18. The van der Waals surface area contributed by atoms with Gasteiger partial charge in [0.15, 0.2) is 0 Å². The van der Waals surface area contributed by atoms with Crippen LogP contribution in [0.2, 0.25) is 0 Å². The lowest BCUT2D eigenvalue weighted by atomic mass is 10.1. The van der Waals surface area contributed by atoms with Gasteiger partial charge in [-0.1, -0.05) is 18.2 Å². The Morgan fingerprint density at radius 3 is 2.34 bits per heavy atom. The minimum Gasteiger partial charge on any atom is -0.497 e. The van der Waals surface area contributed by atoms with E-state index in [1.807, 2.05) is 0 Å². The highest BCUT2D eigenvalue weighted by Crippen LogP contribution is 2.23. The minimum atomic E-state index is -4.01. The van der Waals surface area contributed by atoms with Crippen LogP contribution in [0.4, 0.5) is 11.4 Å². The molecule has 0 aliphatic heterocycles. The molecule has 8 nitrogen and oxygen atoms in total. The molecule has 3 aromatic rings. The van der Waals surface area contributed by atoms with Crippen molar-refractivity contribution in [3.8, 4) is 5.75 Å². The SMILES string of the molecule is CCOC(=O)c1ccc(S(=O)(=O)Nc2ccccc2C(=O)Nc2cccc(OC)c2)cc1. The first kappa shape index (κ1) is 22.8. The Morgan fingerprint density at radius 1 is 0.938 bits per heavy atom. The Hall–Kier alpha value is -3.85. The van der Waals surface area contributed by atoms with E-state index in [-0.39, 0.29) is 28.3 Å². The van der Waals surface area contributed by atoms with Gasteiger partial charge in [0.1, 0.15) is 5.75 Å². The van der Waals surface area contributed by atoms with E-state index in [2.05, 4.69) is 10.0 Å². The molecule has 9 heteroatoms. The van der Waals surface area contributed by atoms with E-state index in [1.165, 1.54) is 43.5 Å². The second-order valence-corrected chi connectivity index (χ2v) is 8.26. The fourth-order valence-corrected chi connectivity index (χ4v) is 3.94. The third-order valence-corrected chi connectivity index (χ3v) is 5.80. The van der Waals surface area contributed by atoms with Gasteiger partial charge in [0.05, 0.1) is 35.4 Å². The Morgan fingerprint density at radius 2 is 1.66 bits per heavy atom. The number of ether oxygens (including phenoxy) is 2. The monoisotopic (exact) mass is 454 g/mol. The highest BCUT2D eigenvalue weighted by atomic mass is 32.2. The first-order chi connectivity index (χ1) is 15.3. The first-order valence-electron chi connectivity index (χ1n) is 9.68. The molecule has 3 rings (SSSR count). The minimum absolute atomic E-state index is 0.0615. The smallest absolute Gasteiger partial charge is 0.338 e. The van der Waals surface area contributed by atoms with E-state index in [0.717, 1.165) is 0 Å². The number of methoxy groups -OCH3 is 1. The Balaban J connectivity index is 1.81. The van der Waals surface area contributed by atoms with E-state index in [0.29, 0.717) is 11.4 Å². The quantitative estimate of drug-likeness (QED) is 0.499. The van der Waals surface area contributed by atoms with E-state index in [4.69, 9.17) is 9.47 Å². The summed E-state index contributed by atoms with van der Waals surface area (Å²) in [6.45, 7) is 1.90. The summed E-state index contributed by atoms with van der Waals surface area (Å²) >= 11 is 0. The number of carbonyl (C=O) groups excluding carboxylic acids is 2. The van der Waals surface area contributed by atoms with Crippen molar-refractivity contribution in [2.45, 2.75) is 11.8 Å². The molecule has 0 aromatic heterocycles. The van der Waals surface area contributed by atoms with Crippen LogP contribution in [0.3, 0.4) is 0 Å². The lowest BCUT2D eigenvalue weighted by molar-refractivity contribution is 0.0526. The number of amides is 1. The maximum Gasteiger partial charge on any atom is 0.338 e. The van der Waals surface area contributed by atoms with E-state index in [1.54, 1.807) is 43.3 Å². The van der Waals surface area contributed by atoms with Crippen molar-refractivity contribution in [1.82, 2.24) is 0 Å². The van der Waals surface area contributed by atoms with Crippen LogP contribution < -0.4 is 14.8 Å². The van der Waals surface area contributed by atoms with Gasteiger partial charge in [-0.2, -0.15) is 0 Å². The van der Waals surface area contributed by atoms with Crippen molar-refractivity contribution in [1.29, 1.82) is 0 Å². The van der Waals surface area contributed by atoms with E-state index in [9.17, 15) is 18.0 Å². The largest absolute Gasteiger partial charge is 0.497 e. The topological polar surface area (TPSA) is 111 Å². The zero-order chi connectivity index (χ0) is 23.1. The number of anilines is 2. The third-order valence-electron chi connectivity index (χ3n) is 4.42. The zero-order valence-electron chi connectivity index (χ0n) is 17.5. The zero-order valence-corrected chi connectivity index (χ0v) is 18.3. The lowest BCUT2D eigenvalue weighted by Gasteiger charge is -2.13. The molecule has 3 aromatic carbocycles. The normalized spacial score (nSPS) is 10.8. The van der Waals surface area contributed by atoms with Crippen molar-refractivity contribution in [3.05, 3.63) is 83.9 Å². The molecule has 1 amide bonds. The van der Waals surface area contributed by atoms with Gasteiger partial charge in [0, 0.05) is 11.8 Å². The number of carbonyl (C=O) groups is 2. The Bertz CT molecular complexity index is 1220. The summed E-state index contributed by atoms with van der Waals surface area (Å²) in [5.41, 5.74) is 0.995. The highest BCUT2D eigenvalue weighted by molar-refractivity contribution is 7.92. The van der Waals surface area contributed by atoms with Crippen LogP contribution in [0.15, 0.2) is 77.7 Å². The average Bonchev–Trinajstić information content (AvgIpc) is 2.79. The number of esters is 1. The number of hydrogen-bond donors (Lipinski definition) is 2. The molecule has 166 valence electrons. The van der Waals surface area contributed by atoms with E-state index >= 15 is 0 Å². The third kappa shape index (κ3) is 5.44. The summed E-state index contributed by atoms with van der Waals surface area (Å²) in [5.74, 6) is -0.457. The molecular weight excluding hydrogens is 432 g/mol. The van der Waals surface area contributed by atoms with Crippen LogP contribution >= 0.6 is 0 Å². The standard InChI is InChI=1S/C23H22N2O6S/c1-3-31-23(27)16-11-13-19(14-12-16)32(28,29)25-21-10-5-4-9-20(21)22(26)24-17-7-6-8-18(15-17)30-2/h4-15,25H,3H2,1-2H3,(H,24,26). The molecule has 0 bridgehead atoms. The fraction of sp³-hybridized carbons (Fsp3) is 0.130. The summed E-state index contributed by atoms with van der Waals surface area (Å²) in [6.07, 6.45) is 0. The van der Waals surface area contributed by atoms with Crippen LogP contribution in [0, 0.1) is 0 Å². The Kier molecular flexibility index (Phi) is 7.11. The van der Waals surface area contributed by atoms with Crippen LogP contribution in [0.1, 0.15) is 27.6 Å². The summed E-state index contributed by atoms with van der Waals surface area (Å²) < 4.78 is 38.2. The molecule has 0 spiro atoms. The van der Waals surface area contributed by atoms with E-state index < -0.39 is 21.9 Å². The second-order valence-electron chi connectivity index (χ2n) is 6.58. The molecule has 0 saturated carbocycles. The molecule has 32 heavy (non-hydrogen) atoms. The molecule has 2 N–H and O–H groups in total. The van der Waals surface area contributed by atoms with Crippen molar-refractivity contribution in [2.24, 2.45) is 0 Å². The maximum absolute atomic E-state index is 12.8. The van der Waals surface area contributed by atoms with Gasteiger partial charge in [0.2, 0.25) is 0 Å². The Labute approximate surface area is 186 Å². The average molecular weight is 455 g/mol. The summed E-state index contributed by atoms with van der Waals surface area (Å²) in [5, 5.41) is 2.73. The van der Waals surface area contributed by atoms with Crippen LogP contribution in [-0.2, 0) is 14.8 Å². The molecule has 0 fully saturated rings. The predicted octanol–water partition coefficient (Wildman–Crippen LogP) is 3.93. The number of benzene rings is 3. The number of rotatable bonds is 8. The van der Waals surface area contributed by atoms with Gasteiger partial charge < -0.3 is 14.8 Å². The van der Waals surface area contributed by atoms with Crippen molar-refractivity contribution in [2.75, 3.05) is 23.8 Å². The van der Waals surface area contributed by atoms with Crippen LogP contribution in [-0.4, -0.2) is 34.0 Å². The molecule has 0 saturated heterocycles. The number of hydrogen-bond acceptors (Lipinski definition) is 6. The summed E-state index contributed by atoms with van der Waals surface area (Å²) in [7, 11) is -2.49. The molecule has 0 aliphatic rings.